The van der Waals surface area contributed by atoms with E-state index >= 15 is 0 Å². The summed E-state index contributed by atoms with van der Waals surface area (Å²) in [4.78, 5) is 17.0. The summed E-state index contributed by atoms with van der Waals surface area (Å²) in [5.74, 6) is -2.27. The Labute approximate surface area is 120 Å². The third kappa shape index (κ3) is 3.45. The quantitative estimate of drug-likeness (QED) is 0.872. The number of nitrogens with one attached hydrogen (secondary N) is 1. The number of nitrogens with zero attached hydrogens (tertiary/aromatic N) is 1. The van der Waals surface area contributed by atoms with E-state index in [9.17, 15) is 13.6 Å². The molecule has 1 amide bonds. The zero-order valence-electron chi connectivity index (χ0n) is 11.0. The predicted octanol–water partition coefficient (Wildman–Crippen LogP) is 2.37. The van der Waals surface area contributed by atoms with Crippen LogP contribution < -0.4 is 5.32 Å². The molecule has 1 aliphatic rings. The van der Waals surface area contributed by atoms with Crippen LogP contribution in [0.15, 0.2) is 12.1 Å². The summed E-state index contributed by atoms with van der Waals surface area (Å²) in [6.45, 7) is 1.36. The van der Waals surface area contributed by atoms with Crippen LogP contribution in [0.5, 0.6) is 0 Å². The molecular formula is C13H15ClF2N2O2. The highest BCUT2D eigenvalue weighted by molar-refractivity contribution is 6.30. The van der Waals surface area contributed by atoms with Crippen LogP contribution in [0.4, 0.5) is 8.78 Å². The first-order chi connectivity index (χ1) is 9.51. The molecule has 1 fully saturated rings. The summed E-state index contributed by atoms with van der Waals surface area (Å²) in [6, 6.07) is 1.54. The molecule has 110 valence electrons. The molecule has 7 heteroatoms. The Morgan fingerprint density at radius 3 is 2.60 bits per heavy atom. The van der Waals surface area contributed by atoms with Crippen molar-refractivity contribution in [2.45, 2.75) is 18.9 Å². The standard InChI is InChI=1S/C13H15ClF2N2O2/c1-20-18-4-2-8(3-5-18)17-13(19)9-6-12(16)10(14)7-11(9)15/h6-8H,2-5H2,1H3,(H,17,19). The Morgan fingerprint density at radius 2 is 2.00 bits per heavy atom. The highest BCUT2D eigenvalue weighted by Gasteiger charge is 2.23. The molecule has 20 heavy (non-hydrogen) atoms. The van der Waals surface area contributed by atoms with E-state index < -0.39 is 17.5 Å². The minimum atomic E-state index is -0.830. The lowest BCUT2D eigenvalue weighted by Gasteiger charge is -2.30. The minimum Gasteiger partial charge on any atom is -0.349 e. The first-order valence-electron chi connectivity index (χ1n) is 6.25. The smallest absolute Gasteiger partial charge is 0.254 e. The summed E-state index contributed by atoms with van der Waals surface area (Å²) in [7, 11) is 1.59. The summed E-state index contributed by atoms with van der Waals surface area (Å²) >= 11 is 5.45. The molecular weight excluding hydrogens is 290 g/mol. The lowest BCUT2D eigenvalue weighted by Crippen LogP contribution is -2.44. The first-order valence-corrected chi connectivity index (χ1v) is 6.63. The Balaban J connectivity index is 2.01. The van der Waals surface area contributed by atoms with Crippen molar-refractivity contribution in [2.24, 2.45) is 0 Å². The summed E-state index contributed by atoms with van der Waals surface area (Å²) in [5, 5.41) is 4.14. The third-order valence-corrected chi connectivity index (χ3v) is 3.59. The van der Waals surface area contributed by atoms with Crippen molar-refractivity contribution in [2.75, 3.05) is 20.2 Å². The zero-order chi connectivity index (χ0) is 14.7. The number of hydrogen-bond donors (Lipinski definition) is 1. The molecule has 0 bridgehead atoms. The SMILES string of the molecule is CON1CCC(NC(=O)c2cc(F)c(Cl)cc2F)CC1. The molecule has 2 rings (SSSR count). The molecule has 1 heterocycles. The van der Waals surface area contributed by atoms with E-state index in [2.05, 4.69) is 5.32 Å². The normalized spacial score (nSPS) is 17.2. The fraction of sp³-hybridized carbons (Fsp3) is 0.462. The van der Waals surface area contributed by atoms with Crippen molar-refractivity contribution in [3.63, 3.8) is 0 Å². The van der Waals surface area contributed by atoms with Crippen LogP contribution in [0, 0.1) is 11.6 Å². The van der Waals surface area contributed by atoms with E-state index in [1.54, 1.807) is 12.2 Å². The van der Waals surface area contributed by atoms with Gasteiger partial charge in [0.1, 0.15) is 11.6 Å². The molecule has 0 aliphatic carbocycles. The van der Waals surface area contributed by atoms with Crippen molar-refractivity contribution in [1.82, 2.24) is 10.4 Å². The average molecular weight is 305 g/mol. The maximum atomic E-state index is 13.6. The Hall–Kier alpha value is -1.24. The number of halogens is 3. The lowest BCUT2D eigenvalue weighted by atomic mass is 10.1. The molecule has 0 aromatic heterocycles. The monoisotopic (exact) mass is 304 g/mol. The Bertz CT molecular complexity index is 505. The zero-order valence-corrected chi connectivity index (χ0v) is 11.7. The van der Waals surface area contributed by atoms with Gasteiger partial charge >= 0.3 is 0 Å². The van der Waals surface area contributed by atoms with Gasteiger partial charge in [0.15, 0.2) is 0 Å². The minimum absolute atomic E-state index is 0.0768. The number of carbonyl (C=O) groups excluding carboxylic acids is 1. The predicted molar refractivity (Wildman–Crippen MR) is 70.4 cm³/mol. The molecule has 0 spiro atoms. The van der Waals surface area contributed by atoms with E-state index in [1.165, 1.54) is 0 Å². The summed E-state index contributed by atoms with van der Waals surface area (Å²) < 4.78 is 26.9. The van der Waals surface area contributed by atoms with Crippen molar-refractivity contribution >= 4 is 17.5 Å². The fourth-order valence-corrected chi connectivity index (χ4v) is 2.29. The highest BCUT2D eigenvalue weighted by atomic mass is 35.5. The second-order valence-electron chi connectivity index (χ2n) is 4.61. The lowest BCUT2D eigenvalue weighted by molar-refractivity contribution is -0.144. The maximum absolute atomic E-state index is 13.6. The molecule has 1 aromatic carbocycles. The van der Waals surface area contributed by atoms with Crippen molar-refractivity contribution < 1.29 is 18.4 Å². The molecule has 1 aliphatic heterocycles. The van der Waals surface area contributed by atoms with Crippen LogP contribution in [0.3, 0.4) is 0 Å². The van der Waals surface area contributed by atoms with Gasteiger partial charge in [0.05, 0.1) is 17.7 Å². The van der Waals surface area contributed by atoms with Gasteiger partial charge in [-0.05, 0) is 25.0 Å². The van der Waals surface area contributed by atoms with E-state index in [0.717, 1.165) is 12.1 Å². The molecule has 0 unspecified atom stereocenters. The molecule has 0 atom stereocenters. The van der Waals surface area contributed by atoms with Gasteiger partial charge in [-0.2, -0.15) is 5.06 Å². The summed E-state index contributed by atoms with van der Waals surface area (Å²) in [6.07, 6.45) is 1.38. The van der Waals surface area contributed by atoms with Crippen LogP contribution in [-0.4, -0.2) is 37.2 Å². The van der Waals surface area contributed by atoms with Crippen molar-refractivity contribution in [1.29, 1.82) is 0 Å². The second-order valence-corrected chi connectivity index (χ2v) is 5.01. The number of hydroxylamine groups is 2. The molecule has 4 nitrogen and oxygen atoms in total. The van der Waals surface area contributed by atoms with E-state index in [0.29, 0.717) is 25.9 Å². The fourth-order valence-electron chi connectivity index (χ4n) is 2.14. The Kier molecular flexibility index (Phi) is 4.91. The van der Waals surface area contributed by atoms with E-state index in [-0.39, 0.29) is 16.6 Å². The summed E-state index contributed by atoms with van der Waals surface area (Å²) in [5.41, 5.74) is -0.332. The number of hydrogen-bond acceptors (Lipinski definition) is 3. The number of amides is 1. The maximum Gasteiger partial charge on any atom is 0.254 e. The van der Waals surface area contributed by atoms with Gasteiger partial charge in [0.2, 0.25) is 0 Å². The van der Waals surface area contributed by atoms with Gasteiger partial charge in [0, 0.05) is 19.1 Å². The van der Waals surface area contributed by atoms with Gasteiger partial charge in [-0.3, -0.25) is 4.79 Å². The van der Waals surface area contributed by atoms with E-state index in [4.69, 9.17) is 16.4 Å². The second kappa shape index (κ2) is 6.47. The van der Waals surface area contributed by atoms with Gasteiger partial charge in [-0.1, -0.05) is 11.6 Å². The van der Waals surface area contributed by atoms with Crippen LogP contribution in [0.25, 0.3) is 0 Å². The van der Waals surface area contributed by atoms with Crippen molar-refractivity contribution in [3.05, 3.63) is 34.4 Å². The number of rotatable bonds is 3. The number of carbonyl (C=O) groups is 1. The molecule has 1 saturated heterocycles. The van der Waals surface area contributed by atoms with Gasteiger partial charge in [0.25, 0.3) is 5.91 Å². The van der Waals surface area contributed by atoms with Gasteiger partial charge < -0.3 is 10.2 Å². The Morgan fingerprint density at radius 1 is 1.35 bits per heavy atom. The van der Waals surface area contributed by atoms with Crippen molar-refractivity contribution in [3.8, 4) is 0 Å². The third-order valence-electron chi connectivity index (χ3n) is 3.30. The number of benzene rings is 1. The molecule has 1 aromatic rings. The highest BCUT2D eigenvalue weighted by Crippen LogP contribution is 2.20. The van der Waals surface area contributed by atoms with Crippen LogP contribution >= 0.6 is 11.6 Å². The molecule has 1 N–H and O–H groups in total. The molecule has 0 radical (unpaired) electrons. The van der Waals surface area contributed by atoms with Crippen LogP contribution in [0.1, 0.15) is 23.2 Å². The topological polar surface area (TPSA) is 41.6 Å². The largest absolute Gasteiger partial charge is 0.349 e. The number of piperidine rings is 1. The van der Waals surface area contributed by atoms with Gasteiger partial charge in [-0.15, -0.1) is 0 Å². The average Bonchev–Trinajstić information content (AvgIpc) is 2.43. The van der Waals surface area contributed by atoms with E-state index in [1.807, 2.05) is 0 Å². The van der Waals surface area contributed by atoms with Gasteiger partial charge in [-0.25, -0.2) is 8.78 Å². The van der Waals surface area contributed by atoms with Crippen LogP contribution in [-0.2, 0) is 4.84 Å². The van der Waals surface area contributed by atoms with Crippen LogP contribution in [0.2, 0.25) is 5.02 Å². The molecule has 0 saturated carbocycles. The first kappa shape index (κ1) is 15.2.